The van der Waals surface area contributed by atoms with Crippen LogP contribution in [0.3, 0.4) is 0 Å². The molecular formula is C24H12I3NO9S. The number of fused-ring (bicyclic) bond motifs is 1. The Bertz CT molecular complexity index is 1720. The van der Waals surface area contributed by atoms with Crippen molar-refractivity contribution in [2.45, 2.75) is 4.90 Å². The Morgan fingerprint density at radius 3 is 1.92 bits per heavy atom. The fourth-order valence-corrected chi connectivity index (χ4v) is 7.91. The van der Waals surface area contributed by atoms with Gasteiger partial charge in [-0.3, -0.25) is 14.7 Å². The van der Waals surface area contributed by atoms with E-state index in [0.717, 1.165) is 9.64 Å². The minimum atomic E-state index is -4.52. The molecule has 1 N–H and O–H groups in total. The van der Waals surface area contributed by atoms with Crippen LogP contribution >= 0.6 is 67.8 Å². The molecule has 4 aromatic carbocycles. The predicted molar refractivity (Wildman–Crippen MR) is 161 cm³/mol. The second kappa shape index (κ2) is 11.4. The first-order valence-corrected chi connectivity index (χ1v) is 14.9. The number of nitrogens with zero attached hydrogens (tertiary/aromatic N) is 1. The van der Waals surface area contributed by atoms with Crippen molar-refractivity contribution < 1.29 is 37.0 Å². The van der Waals surface area contributed by atoms with Crippen molar-refractivity contribution in [1.29, 1.82) is 0 Å². The molecule has 0 fully saturated rings. The van der Waals surface area contributed by atoms with Gasteiger partial charge in [-0.15, -0.1) is 0 Å². The molecule has 0 aliphatic heterocycles. The molecule has 0 radical (unpaired) electrons. The summed E-state index contributed by atoms with van der Waals surface area (Å²) in [6, 6.07) is 15.6. The molecular weight excluding hydrogens is 859 g/mol. The number of nitro benzene ring substituents is 1. The Morgan fingerprint density at radius 2 is 1.37 bits per heavy atom. The highest BCUT2D eigenvalue weighted by Gasteiger charge is 2.26. The molecule has 14 heteroatoms. The summed E-state index contributed by atoms with van der Waals surface area (Å²) >= 11 is 5.45. The van der Waals surface area contributed by atoms with Gasteiger partial charge in [-0.2, -0.15) is 8.42 Å². The molecule has 38 heavy (non-hydrogen) atoms. The van der Waals surface area contributed by atoms with Crippen LogP contribution in [-0.2, 0) is 10.1 Å². The maximum Gasteiger partial charge on any atom is 0.344 e. The largest absolute Gasteiger partial charge is 0.423 e. The van der Waals surface area contributed by atoms with E-state index in [2.05, 4.69) is 22.6 Å². The molecule has 194 valence electrons. The van der Waals surface area contributed by atoms with E-state index in [4.69, 9.17) is 9.47 Å². The number of hydrogen-bond donors (Lipinski definition) is 1. The zero-order chi connectivity index (χ0) is 27.8. The minimum absolute atomic E-state index is 0.0207. The zero-order valence-electron chi connectivity index (χ0n) is 18.6. The van der Waals surface area contributed by atoms with Gasteiger partial charge in [0.25, 0.3) is 15.8 Å². The van der Waals surface area contributed by atoms with Gasteiger partial charge in [0.15, 0.2) is 0 Å². The number of hydrogen-bond acceptors (Lipinski definition) is 8. The van der Waals surface area contributed by atoms with Crippen LogP contribution in [0.25, 0.3) is 10.8 Å². The first kappa shape index (κ1) is 28.6. The highest BCUT2D eigenvalue weighted by Crippen LogP contribution is 2.34. The van der Waals surface area contributed by atoms with Crippen LogP contribution in [0.15, 0.2) is 71.6 Å². The molecule has 0 heterocycles. The lowest BCUT2D eigenvalue weighted by Gasteiger charge is -2.13. The average molecular weight is 871 g/mol. The van der Waals surface area contributed by atoms with Crippen molar-refractivity contribution in [2.24, 2.45) is 0 Å². The molecule has 10 nitrogen and oxygen atoms in total. The van der Waals surface area contributed by atoms with Crippen LogP contribution in [0.2, 0.25) is 0 Å². The fraction of sp³-hybridized carbons (Fsp3) is 0. The molecule has 0 aromatic heterocycles. The molecule has 0 saturated carbocycles. The number of carbonyl (C=O) groups is 2. The monoisotopic (exact) mass is 871 g/mol. The third-order valence-electron chi connectivity index (χ3n) is 5.12. The van der Waals surface area contributed by atoms with Gasteiger partial charge in [-0.25, -0.2) is 9.59 Å². The van der Waals surface area contributed by atoms with Crippen molar-refractivity contribution in [3.63, 3.8) is 0 Å². The first-order chi connectivity index (χ1) is 17.9. The van der Waals surface area contributed by atoms with E-state index in [1.807, 2.05) is 0 Å². The Hall–Kier alpha value is -2.42. The van der Waals surface area contributed by atoms with Gasteiger partial charge in [0.2, 0.25) is 0 Å². The maximum absolute atomic E-state index is 13.3. The van der Waals surface area contributed by atoms with E-state index in [9.17, 15) is 32.7 Å². The highest BCUT2D eigenvalue weighted by atomic mass is 127. The second-order valence-corrected chi connectivity index (χ2v) is 12.5. The van der Waals surface area contributed by atoms with E-state index < -0.39 is 27.0 Å². The van der Waals surface area contributed by atoms with E-state index in [1.165, 1.54) is 36.4 Å². The number of ether oxygens (including phenoxy) is 2. The number of non-ortho nitro benzene ring substituents is 1. The van der Waals surface area contributed by atoms with Crippen LogP contribution in [0, 0.1) is 20.8 Å². The smallest absolute Gasteiger partial charge is 0.344 e. The molecule has 0 aliphatic rings. The summed E-state index contributed by atoms with van der Waals surface area (Å²) in [6.45, 7) is 0. The fourth-order valence-electron chi connectivity index (χ4n) is 3.56. The van der Waals surface area contributed by atoms with Crippen molar-refractivity contribution in [3.05, 3.63) is 98.7 Å². The summed E-state index contributed by atoms with van der Waals surface area (Å²) in [5.41, 5.74) is -0.575. The molecule has 4 rings (SSSR count). The van der Waals surface area contributed by atoms with Crippen LogP contribution in [0.5, 0.6) is 11.5 Å². The van der Waals surface area contributed by atoms with Crippen molar-refractivity contribution in [1.82, 2.24) is 0 Å². The van der Waals surface area contributed by atoms with Crippen molar-refractivity contribution >= 4 is 106 Å². The van der Waals surface area contributed by atoms with Crippen molar-refractivity contribution in [3.8, 4) is 11.5 Å². The normalized spacial score (nSPS) is 11.3. The Labute approximate surface area is 256 Å². The number of esters is 2. The molecule has 0 atom stereocenters. The molecule has 4 aromatic rings. The zero-order valence-corrected chi connectivity index (χ0v) is 25.8. The van der Waals surface area contributed by atoms with Gasteiger partial charge < -0.3 is 9.47 Å². The average Bonchev–Trinajstić information content (AvgIpc) is 2.82. The van der Waals surface area contributed by atoms with Crippen LogP contribution in [-0.4, -0.2) is 29.8 Å². The Balaban J connectivity index is 1.81. The third-order valence-corrected chi connectivity index (χ3v) is 9.23. The van der Waals surface area contributed by atoms with E-state index in [0.29, 0.717) is 0 Å². The molecule has 0 amide bonds. The number of nitro groups is 1. The number of rotatable bonds is 6. The number of halogens is 3. The summed E-state index contributed by atoms with van der Waals surface area (Å²) < 4.78 is 44.8. The number of benzene rings is 4. The maximum atomic E-state index is 13.3. The summed E-state index contributed by atoms with van der Waals surface area (Å²) in [7, 11) is -4.52. The predicted octanol–water partition coefficient (Wildman–Crippen LogP) is 6.25. The van der Waals surface area contributed by atoms with Gasteiger partial charge in [-0.1, -0.05) is 6.07 Å². The lowest BCUT2D eigenvalue weighted by atomic mass is 9.97. The van der Waals surface area contributed by atoms with Gasteiger partial charge in [-0.05, 0) is 122 Å². The highest BCUT2D eigenvalue weighted by molar-refractivity contribution is 14.1. The molecule has 0 unspecified atom stereocenters. The lowest BCUT2D eigenvalue weighted by molar-refractivity contribution is -0.383. The molecule has 0 spiro atoms. The van der Waals surface area contributed by atoms with Crippen molar-refractivity contribution in [2.75, 3.05) is 0 Å². The van der Waals surface area contributed by atoms with E-state index in [-0.39, 0.29) is 51.1 Å². The molecule has 0 bridgehead atoms. The lowest BCUT2D eigenvalue weighted by Crippen LogP contribution is -2.14. The van der Waals surface area contributed by atoms with Gasteiger partial charge in [0.1, 0.15) is 16.4 Å². The van der Waals surface area contributed by atoms with E-state index >= 15 is 0 Å². The summed E-state index contributed by atoms with van der Waals surface area (Å²) in [4.78, 5) is 37.1. The topological polar surface area (TPSA) is 150 Å². The molecule has 0 aliphatic carbocycles. The minimum Gasteiger partial charge on any atom is -0.423 e. The van der Waals surface area contributed by atoms with Crippen LogP contribution < -0.4 is 9.47 Å². The molecule has 0 saturated heterocycles. The van der Waals surface area contributed by atoms with Gasteiger partial charge in [0, 0.05) is 22.2 Å². The van der Waals surface area contributed by atoms with E-state index in [1.54, 1.807) is 69.4 Å². The SMILES string of the molecule is O=C(Oc1ccc(I)cc1)c1ccc([N+](=O)[O-])c2cccc(C(=O)Oc3cc(I)c(S(=O)(=O)O)c(I)c3)c12. The summed E-state index contributed by atoms with van der Waals surface area (Å²) in [5.74, 6) is -1.59. The van der Waals surface area contributed by atoms with Gasteiger partial charge in [0.05, 0.1) is 21.4 Å². The number of carbonyl (C=O) groups excluding carboxylic acids is 2. The summed E-state index contributed by atoms with van der Waals surface area (Å²) in [6.07, 6.45) is 0. The van der Waals surface area contributed by atoms with Crippen LogP contribution in [0.1, 0.15) is 20.7 Å². The van der Waals surface area contributed by atoms with Crippen LogP contribution in [0.4, 0.5) is 5.69 Å². The third kappa shape index (κ3) is 6.08. The first-order valence-electron chi connectivity index (χ1n) is 10.2. The second-order valence-electron chi connectivity index (χ2n) is 7.54. The Kier molecular flexibility index (Phi) is 8.55. The Morgan fingerprint density at radius 1 is 0.816 bits per heavy atom. The standard InChI is InChI=1S/C24H12I3NO9S/c25-12-4-6-13(7-5-12)36-24(30)17-8-9-20(28(31)32)15-2-1-3-16(21(15)17)23(29)37-14-10-18(26)22(19(27)11-14)38(33,34)35/h1-11H,(H,33,34,35). The summed E-state index contributed by atoms with van der Waals surface area (Å²) in [5, 5.41) is 11.7. The van der Waals surface area contributed by atoms with Gasteiger partial charge >= 0.3 is 11.9 Å². The quantitative estimate of drug-likeness (QED) is 0.0593.